The second-order valence-corrected chi connectivity index (χ2v) is 8.50. The Kier molecular flexibility index (Phi) is 6.26. The van der Waals surface area contributed by atoms with Gasteiger partial charge in [-0.25, -0.2) is 4.79 Å². The maximum atomic E-state index is 13.0. The fourth-order valence-corrected chi connectivity index (χ4v) is 4.04. The van der Waals surface area contributed by atoms with Gasteiger partial charge in [0.15, 0.2) is 0 Å². The number of nitrogens with zero attached hydrogens (tertiary/aromatic N) is 1. The zero-order valence-electron chi connectivity index (χ0n) is 17.8. The number of carbonyl (C=O) groups is 2. The Labute approximate surface area is 173 Å². The highest BCUT2D eigenvalue weighted by molar-refractivity contribution is 5.90. The average Bonchev–Trinajstić information content (AvgIpc) is 2.66. The molecule has 2 aromatic carbocycles. The van der Waals surface area contributed by atoms with E-state index in [1.165, 1.54) is 0 Å². The van der Waals surface area contributed by atoms with Gasteiger partial charge in [-0.15, -0.1) is 0 Å². The maximum Gasteiger partial charge on any atom is 0.321 e. The number of carbonyl (C=O) groups excluding carboxylic acids is 2. The summed E-state index contributed by atoms with van der Waals surface area (Å²) >= 11 is 0. The maximum absolute atomic E-state index is 13.0. The lowest BCUT2D eigenvalue weighted by Gasteiger charge is -2.39. The molecule has 0 spiro atoms. The molecule has 0 saturated carbocycles. The molecule has 3 amide bonds. The van der Waals surface area contributed by atoms with Crippen molar-refractivity contribution in [2.45, 2.75) is 47.1 Å². The number of anilines is 1. The summed E-state index contributed by atoms with van der Waals surface area (Å²) in [7, 11) is 0. The molecule has 5 nitrogen and oxygen atoms in total. The van der Waals surface area contributed by atoms with Gasteiger partial charge in [-0.3, -0.25) is 4.79 Å². The number of likely N-dealkylation sites (tertiary alicyclic amines) is 1. The fraction of sp³-hybridized carbons (Fsp3) is 0.417. The van der Waals surface area contributed by atoms with Gasteiger partial charge in [0, 0.05) is 25.3 Å². The van der Waals surface area contributed by atoms with E-state index in [0.717, 1.165) is 40.8 Å². The molecule has 1 saturated heterocycles. The molecule has 1 atom stereocenters. The van der Waals surface area contributed by atoms with Crippen LogP contribution in [-0.4, -0.2) is 29.9 Å². The zero-order valence-corrected chi connectivity index (χ0v) is 17.8. The van der Waals surface area contributed by atoms with E-state index in [4.69, 9.17) is 0 Å². The minimum Gasteiger partial charge on any atom is -0.351 e. The predicted molar refractivity (Wildman–Crippen MR) is 117 cm³/mol. The third-order valence-corrected chi connectivity index (χ3v) is 5.71. The smallest absolute Gasteiger partial charge is 0.321 e. The molecule has 2 aromatic rings. The van der Waals surface area contributed by atoms with Crippen molar-refractivity contribution in [3.05, 3.63) is 64.7 Å². The number of nitrogens with one attached hydrogen (secondary N) is 2. The molecular weight excluding hydrogens is 362 g/mol. The van der Waals surface area contributed by atoms with Crippen molar-refractivity contribution in [2.24, 2.45) is 5.41 Å². The van der Waals surface area contributed by atoms with Gasteiger partial charge in [-0.2, -0.15) is 0 Å². The third kappa shape index (κ3) is 5.17. The van der Waals surface area contributed by atoms with E-state index in [2.05, 4.69) is 16.7 Å². The molecule has 5 heteroatoms. The molecule has 0 bridgehead atoms. The van der Waals surface area contributed by atoms with Crippen molar-refractivity contribution in [1.82, 2.24) is 10.2 Å². The number of benzene rings is 2. The Hall–Kier alpha value is -2.82. The monoisotopic (exact) mass is 393 g/mol. The van der Waals surface area contributed by atoms with Crippen LogP contribution in [0.1, 0.15) is 42.0 Å². The molecule has 0 unspecified atom stereocenters. The summed E-state index contributed by atoms with van der Waals surface area (Å²) in [5.41, 5.74) is 4.71. The van der Waals surface area contributed by atoms with Crippen LogP contribution in [0, 0.1) is 26.2 Å². The van der Waals surface area contributed by atoms with Crippen LogP contribution in [-0.2, 0) is 11.3 Å². The van der Waals surface area contributed by atoms with Gasteiger partial charge in [0.1, 0.15) is 0 Å². The van der Waals surface area contributed by atoms with E-state index in [1.807, 2.05) is 64.1 Å². The highest BCUT2D eigenvalue weighted by atomic mass is 16.2. The molecule has 154 valence electrons. The average molecular weight is 394 g/mol. The zero-order chi connectivity index (χ0) is 21.0. The van der Waals surface area contributed by atoms with E-state index >= 15 is 0 Å². The predicted octanol–water partition coefficient (Wildman–Crippen LogP) is 4.56. The Morgan fingerprint density at radius 3 is 2.45 bits per heavy atom. The Morgan fingerprint density at radius 1 is 1.07 bits per heavy atom. The summed E-state index contributed by atoms with van der Waals surface area (Å²) < 4.78 is 0. The number of rotatable bonds is 4. The van der Waals surface area contributed by atoms with Crippen molar-refractivity contribution in [3.63, 3.8) is 0 Å². The van der Waals surface area contributed by atoms with Crippen LogP contribution in [0.5, 0.6) is 0 Å². The molecule has 1 aliphatic heterocycles. The molecule has 1 heterocycles. The van der Waals surface area contributed by atoms with Gasteiger partial charge < -0.3 is 15.5 Å². The minimum atomic E-state index is -0.583. The first-order valence-electron chi connectivity index (χ1n) is 10.2. The first-order valence-corrected chi connectivity index (χ1v) is 10.2. The number of piperidine rings is 1. The highest BCUT2D eigenvalue weighted by Gasteiger charge is 2.39. The van der Waals surface area contributed by atoms with Crippen molar-refractivity contribution < 1.29 is 9.59 Å². The van der Waals surface area contributed by atoms with Gasteiger partial charge in [0.05, 0.1) is 5.41 Å². The molecule has 0 radical (unpaired) electrons. The van der Waals surface area contributed by atoms with Crippen LogP contribution in [0.3, 0.4) is 0 Å². The Bertz CT molecular complexity index is 888. The lowest BCUT2D eigenvalue weighted by Crippen LogP contribution is -2.52. The molecule has 3 rings (SSSR count). The van der Waals surface area contributed by atoms with Crippen molar-refractivity contribution in [1.29, 1.82) is 0 Å². The molecule has 1 aliphatic rings. The van der Waals surface area contributed by atoms with Crippen LogP contribution >= 0.6 is 0 Å². The SMILES string of the molecule is Cc1cc(C)cc(NC(=O)N2CCC[C@@](C)(C(=O)NCc3ccccc3C)C2)c1. The Morgan fingerprint density at radius 2 is 1.76 bits per heavy atom. The summed E-state index contributed by atoms with van der Waals surface area (Å²) in [6.45, 7) is 9.62. The van der Waals surface area contributed by atoms with Crippen LogP contribution in [0.15, 0.2) is 42.5 Å². The lowest BCUT2D eigenvalue weighted by atomic mass is 9.81. The molecule has 29 heavy (non-hydrogen) atoms. The normalized spacial score (nSPS) is 19.0. The van der Waals surface area contributed by atoms with Crippen LogP contribution in [0.4, 0.5) is 10.5 Å². The van der Waals surface area contributed by atoms with E-state index in [1.54, 1.807) is 4.90 Å². The van der Waals surface area contributed by atoms with Crippen molar-refractivity contribution in [2.75, 3.05) is 18.4 Å². The molecule has 0 aromatic heterocycles. The Balaban J connectivity index is 1.62. The number of urea groups is 1. The first-order chi connectivity index (χ1) is 13.8. The summed E-state index contributed by atoms with van der Waals surface area (Å²) in [5, 5.41) is 6.07. The molecule has 0 aliphatic carbocycles. The van der Waals surface area contributed by atoms with Crippen molar-refractivity contribution in [3.8, 4) is 0 Å². The van der Waals surface area contributed by atoms with Gasteiger partial charge >= 0.3 is 6.03 Å². The van der Waals surface area contributed by atoms with Crippen LogP contribution < -0.4 is 10.6 Å². The van der Waals surface area contributed by atoms with E-state index < -0.39 is 5.41 Å². The van der Waals surface area contributed by atoms with Gasteiger partial charge in [-0.1, -0.05) is 30.3 Å². The summed E-state index contributed by atoms with van der Waals surface area (Å²) in [6, 6.07) is 13.9. The quantitative estimate of drug-likeness (QED) is 0.800. The lowest BCUT2D eigenvalue weighted by molar-refractivity contribution is -0.132. The first kappa shape index (κ1) is 20.9. The third-order valence-electron chi connectivity index (χ3n) is 5.71. The second-order valence-electron chi connectivity index (χ2n) is 8.50. The van der Waals surface area contributed by atoms with E-state index in [0.29, 0.717) is 19.6 Å². The summed E-state index contributed by atoms with van der Waals surface area (Å²) in [6.07, 6.45) is 1.59. The molecule has 2 N–H and O–H groups in total. The summed E-state index contributed by atoms with van der Waals surface area (Å²) in [5.74, 6) is 0.00431. The number of aryl methyl sites for hydroxylation is 3. The number of hydrogen-bond acceptors (Lipinski definition) is 2. The molecular formula is C24H31N3O2. The van der Waals surface area contributed by atoms with E-state index in [9.17, 15) is 9.59 Å². The number of amides is 3. The topological polar surface area (TPSA) is 61.4 Å². The van der Waals surface area contributed by atoms with Crippen LogP contribution in [0.25, 0.3) is 0 Å². The highest BCUT2D eigenvalue weighted by Crippen LogP contribution is 2.30. The van der Waals surface area contributed by atoms with Gasteiger partial charge in [0.25, 0.3) is 0 Å². The minimum absolute atomic E-state index is 0.00431. The van der Waals surface area contributed by atoms with Crippen molar-refractivity contribution >= 4 is 17.6 Å². The van der Waals surface area contributed by atoms with Gasteiger partial charge in [0.2, 0.25) is 5.91 Å². The largest absolute Gasteiger partial charge is 0.351 e. The standard InChI is InChI=1S/C24H31N3O2/c1-17-12-18(2)14-21(13-17)26-23(29)27-11-7-10-24(4,16-27)22(28)25-15-20-9-6-5-8-19(20)3/h5-6,8-9,12-14H,7,10-11,15-16H2,1-4H3,(H,25,28)(H,26,29)/t24-/m1/s1. The second kappa shape index (κ2) is 8.68. The van der Waals surface area contributed by atoms with Crippen LogP contribution in [0.2, 0.25) is 0 Å². The summed E-state index contributed by atoms with van der Waals surface area (Å²) in [4.78, 5) is 27.5. The van der Waals surface area contributed by atoms with Gasteiger partial charge in [-0.05, 0) is 74.9 Å². The molecule has 1 fully saturated rings. The van der Waals surface area contributed by atoms with E-state index in [-0.39, 0.29) is 11.9 Å². The number of hydrogen-bond donors (Lipinski definition) is 2. The fourth-order valence-electron chi connectivity index (χ4n) is 4.04.